The zero-order chi connectivity index (χ0) is 16.5. The molecule has 5 heteroatoms. The van der Waals surface area contributed by atoms with Gasteiger partial charge >= 0.3 is 0 Å². The van der Waals surface area contributed by atoms with E-state index >= 15 is 0 Å². The van der Waals surface area contributed by atoms with E-state index in [0.29, 0.717) is 5.95 Å². The van der Waals surface area contributed by atoms with Crippen LogP contribution in [0.2, 0.25) is 0 Å². The highest BCUT2D eigenvalue weighted by Gasteiger charge is 2.04. The maximum absolute atomic E-state index is 5.17. The molecule has 2 aromatic rings. The summed E-state index contributed by atoms with van der Waals surface area (Å²) in [7, 11) is 3.75. The summed E-state index contributed by atoms with van der Waals surface area (Å²) in [4.78, 5) is 11.0. The molecule has 2 rings (SSSR count). The summed E-state index contributed by atoms with van der Waals surface area (Å²) < 4.78 is 5.17. The number of nitrogens with one attached hydrogen (secondary N) is 1. The van der Waals surface area contributed by atoms with Crippen molar-refractivity contribution in [1.29, 1.82) is 0 Å². The van der Waals surface area contributed by atoms with E-state index in [2.05, 4.69) is 46.3 Å². The van der Waals surface area contributed by atoms with E-state index in [1.807, 2.05) is 18.2 Å². The number of benzene rings is 1. The van der Waals surface area contributed by atoms with Crippen LogP contribution in [-0.4, -0.2) is 37.2 Å². The SMILES string of the molecule is CCCCN(C)c1ccnc(NCCc2ccc(OC)cc2)n1. The van der Waals surface area contributed by atoms with Crippen LogP contribution in [0.4, 0.5) is 11.8 Å². The van der Waals surface area contributed by atoms with Gasteiger partial charge in [-0.15, -0.1) is 0 Å². The first-order chi connectivity index (χ1) is 11.2. The summed E-state index contributed by atoms with van der Waals surface area (Å²) in [5, 5.41) is 3.29. The summed E-state index contributed by atoms with van der Waals surface area (Å²) in [6, 6.07) is 10.1. The largest absolute Gasteiger partial charge is 0.497 e. The zero-order valence-corrected chi connectivity index (χ0v) is 14.2. The molecule has 5 nitrogen and oxygen atoms in total. The molecule has 1 aromatic heterocycles. The number of hydrogen-bond donors (Lipinski definition) is 1. The van der Waals surface area contributed by atoms with Crippen molar-refractivity contribution in [2.45, 2.75) is 26.2 Å². The Labute approximate surface area is 138 Å². The average molecular weight is 314 g/mol. The van der Waals surface area contributed by atoms with Gasteiger partial charge in [0.05, 0.1) is 7.11 Å². The van der Waals surface area contributed by atoms with Crippen LogP contribution in [0.15, 0.2) is 36.5 Å². The molecule has 0 spiro atoms. The lowest BCUT2D eigenvalue weighted by molar-refractivity contribution is 0.414. The first kappa shape index (κ1) is 17.1. The monoisotopic (exact) mass is 314 g/mol. The van der Waals surface area contributed by atoms with E-state index in [9.17, 15) is 0 Å². The number of methoxy groups -OCH3 is 1. The predicted molar refractivity (Wildman–Crippen MR) is 95.4 cm³/mol. The van der Waals surface area contributed by atoms with Crippen LogP contribution in [0.3, 0.4) is 0 Å². The number of nitrogens with zero attached hydrogens (tertiary/aromatic N) is 3. The minimum atomic E-state index is 0.680. The van der Waals surface area contributed by atoms with Gasteiger partial charge in [0.15, 0.2) is 0 Å². The van der Waals surface area contributed by atoms with Crippen LogP contribution in [0.25, 0.3) is 0 Å². The molecule has 1 heterocycles. The van der Waals surface area contributed by atoms with Gasteiger partial charge in [0, 0.05) is 26.3 Å². The third-order valence-electron chi connectivity index (χ3n) is 3.73. The Hall–Kier alpha value is -2.30. The molecule has 0 aliphatic rings. The fraction of sp³-hybridized carbons (Fsp3) is 0.444. The lowest BCUT2D eigenvalue weighted by Crippen LogP contribution is -2.20. The smallest absolute Gasteiger partial charge is 0.224 e. The van der Waals surface area contributed by atoms with Gasteiger partial charge in [-0.25, -0.2) is 4.98 Å². The first-order valence-electron chi connectivity index (χ1n) is 8.14. The van der Waals surface area contributed by atoms with Gasteiger partial charge in [0.1, 0.15) is 11.6 Å². The summed E-state index contributed by atoms with van der Waals surface area (Å²) in [5.74, 6) is 2.52. The lowest BCUT2D eigenvalue weighted by atomic mass is 10.1. The standard InChI is InChI=1S/C18H26N4O/c1-4-5-14-22(2)17-11-13-20-18(21-17)19-12-10-15-6-8-16(23-3)9-7-15/h6-9,11,13H,4-5,10,12,14H2,1-3H3,(H,19,20,21). The molecule has 0 bridgehead atoms. The van der Waals surface area contributed by atoms with Crippen molar-refractivity contribution in [3.05, 3.63) is 42.1 Å². The molecule has 0 aliphatic heterocycles. The van der Waals surface area contributed by atoms with Crippen LogP contribution < -0.4 is 15.0 Å². The molecule has 0 amide bonds. The van der Waals surface area contributed by atoms with Crippen LogP contribution in [0, 0.1) is 0 Å². The van der Waals surface area contributed by atoms with E-state index in [-0.39, 0.29) is 0 Å². The highest BCUT2D eigenvalue weighted by atomic mass is 16.5. The minimum absolute atomic E-state index is 0.680. The van der Waals surface area contributed by atoms with Gasteiger partial charge < -0.3 is 15.0 Å². The number of hydrogen-bond acceptors (Lipinski definition) is 5. The van der Waals surface area contributed by atoms with Crippen molar-refractivity contribution in [3.8, 4) is 5.75 Å². The number of anilines is 2. The van der Waals surface area contributed by atoms with E-state index in [0.717, 1.165) is 31.1 Å². The zero-order valence-electron chi connectivity index (χ0n) is 14.2. The minimum Gasteiger partial charge on any atom is -0.497 e. The van der Waals surface area contributed by atoms with E-state index in [1.54, 1.807) is 13.3 Å². The third kappa shape index (κ3) is 5.43. The normalized spacial score (nSPS) is 10.4. The second kappa shape index (κ2) is 8.98. The first-order valence-corrected chi connectivity index (χ1v) is 8.14. The van der Waals surface area contributed by atoms with Crippen LogP contribution in [0.5, 0.6) is 5.75 Å². The molecule has 1 N–H and O–H groups in total. The molecule has 0 saturated carbocycles. The van der Waals surface area contributed by atoms with Gasteiger partial charge in [0.2, 0.25) is 5.95 Å². The van der Waals surface area contributed by atoms with Crippen LogP contribution in [0.1, 0.15) is 25.3 Å². The van der Waals surface area contributed by atoms with Crippen LogP contribution >= 0.6 is 0 Å². The lowest BCUT2D eigenvalue weighted by Gasteiger charge is -2.18. The molecular weight excluding hydrogens is 288 g/mol. The van der Waals surface area contributed by atoms with Crippen molar-refractivity contribution in [2.75, 3.05) is 37.5 Å². The number of rotatable bonds is 9. The van der Waals surface area contributed by atoms with Crippen molar-refractivity contribution in [2.24, 2.45) is 0 Å². The number of aromatic nitrogens is 2. The van der Waals surface area contributed by atoms with E-state index in [4.69, 9.17) is 4.74 Å². The van der Waals surface area contributed by atoms with Crippen molar-refractivity contribution in [1.82, 2.24) is 9.97 Å². The Balaban J connectivity index is 1.85. The molecular formula is C18H26N4O. The second-order valence-electron chi connectivity index (χ2n) is 5.54. The van der Waals surface area contributed by atoms with Gasteiger partial charge in [-0.1, -0.05) is 25.5 Å². The van der Waals surface area contributed by atoms with Gasteiger partial charge in [-0.2, -0.15) is 4.98 Å². The molecule has 0 aliphatic carbocycles. The Bertz CT molecular complexity index is 586. The highest BCUT2D eigenvalue weighted by molar-refractivity contribution is 5.41. The maximum Gasteiger partial charge on any atom is 0.224 e. The molecule has 23 heavy (non-hydrogen) atoms. The summed E-state index contributed by atoms with van der Waals surface area (Å²) in [6.45, 7) is 4.01. The molecule has 0 unspecified atom stereocenters. The molecule has 0 fully saturated rings. The Morgan fingerprint density at radius 2 is 1.96 bits per heavy atom. The van der Waals surface area contributed by atoms with Crippen molar-refractivity contribution in [3.63, 3.8) is 0 Å². The quantitative estimate of drug-likeness (QED) is 0.769. The van der Waals surface area contributed by atoms with Gasteiger partial charge in [0.25, 0.3) is 0 Å². The summed E-state index contributed by atoms with van der Waals surface area (Å²) in [5.41, 5.74) is 1.26. The highest BCUT2D eigenvalue weighted by Crippen LogP contribution is 2.13. The van der Waals surface area contributed by atoms with Crippen molar-refractivity contribution >= 4 is 11.8 Å². The van der Waals surface area contributed by atoms with E-state index < -0.39 is 0 Å². The second-order valence-corrected chi connectivity index (χ2v) is 5.54. The fourth-order valence-electron chi connectivity index (χ4n) is 2.27. The third-order valence-corrected chi connectivity index (χ3v) is 3.73. The maximum atomic E-state index is 5.17. The van der Waals surface area contributed by atoms with Crippen LogP contribution in [-0.2, 0) is 6.42 Å². The molecule has 124 valence electrons. The Morgan fingerprint density at radius 3 is 2.65 bits per heavy atom. The van der Waals surface area contributed by atoms with Gasteiger partial charge in [-0.3, -0.25) is 0 Å². The summed E-state index contributed by atoms with van der Waals surface area (Å²) in [6.07, 6.45) is 5.08. The number of ether oxygens (including phenoxy) is 1. The molecule has 0 radical (unpaired) electrons. The average Bonchev–Trinajstić information content (AvgIpc) is 2.60. The topological polar surface area (TPSA) is 50.3 Å². The van der Waals surface area contributed by atoms with Gasteiger partial charge in [-0.05, 0) is 36.6 Å². The summed E-state index contributed by atoms with van der Waals surface area (Å²) >= 11 is 0. The van der Waals surface area contributed by atoms with E-state index in [1.165, 1.54) is 18.4 Å². The predicted octanol–water partition coefficient (Wildman–Crippen LogP) is 3.38. The Morgan fingerprint density at radius 1 is 1.17 bits per heavy atom. The Kier molecular flexibility index (Phi) is 6.66. The molecule has 1 aromatic carbocycles. The fourth-order valence-corrected chi connectivity index (χ4v) is 2.27. The molecule has 0 saturated heterocycles. The van der Waals surface area contributed by atoms with Crippen molar-refractivity contribution < 1.29 is 4.74 Å². The molecule has 0 atom stereocenters. The number of unbranched alkanes of at least 4 members (excludes halogenated alkanes) is 1.